The lowest BCUT2D eigenvalue weighted by Crippen LogP contribution is -2.54. The zero-order valence-corrected chi connectivity index (χ0v) is 14.3. The molecule has 1 saturated heterocycles. The number of phenols is 1. The van der Waals surface area contributed by atoms with Crippen LogP contribution in [0.25, 0.3) is 0 Å². The predicted octanol–water partition coefficient (Wildman–Crippen LogP) is 3.44. The van der Waals surface area contributed by atoms with Crippen LogP contribution in [0, 0.1) is 0 Å². The Labute approximate surface area is 138 Å². The SMILES string of the molecule is CCCC1(COC)CCCN1C(=O)N[C@@H](C)c1cccc(O)c1. The summed E-state index contributed by atoms with van der Waals surface area (Å²) >= 11 is 0. The molecule has 0 spiro atoms. The highest BCUT2D eigenvalue weighted by Gasteiger charge is 2.43. The molecule has 2 amide bonds. The summed E-state index contributed by atoms with van der Waals surface area (Å²) in [6, 6.07) is 6.80. The van der Waals surface area contributed by atoms with E-state index in [0.717, 1.165) is 37.8 Å². The number of urea groups is 1. The van der Waals surface area contributed by atoms with E-state index in [9.17, 15) is 9.90 Å². The van der Waals surface area contributed by atoms with Gasteiger partial charge in [-0.25, -0.2) is 4.79 Å². The standard InChI is InChI=1S/C18H28N2O3/c1-4-9-18(13-23-3)10-6-11-20(18)17(22)19-14(2)15-7-5-8-16(21)12-15/h5,7-8,12,14,21H,4,6,9-11,13H2,1-3H3,(H,19,22)/t14-,18?/m0/s1. The van der Waals surface area contributed by atoms with Crippen LogP contribution in [-0.2, 0) is 4.74 Å². The van der Waals surface area contributed by atoms with Gasteiger partial charge in [0.15, 0.2) is 0 Å². The maximum Gasteiger partial charge on any atom is 0.318 e. The van der Waals surface area contributed by atoms with E-state index in [2.05, 4.69) is 12.2 Å². The van der Waals surface area contributed by atoms with Crippen molar-refractivity contribution in [3.63, 3.8) is 0 Å². The first-order valence-corrected chi connectivity index (χ1v) is 8.38. The molecule has 5 nitrogen and oxygen atoms in total. The van der Waals surface area contributed by atoms with Gasteiger partial charge in [0.25, 0.3) is 0 Å². The lowest BCUT2D eigenvalue weighted by Gasteiger charge is -2.38. The molecule has 0 aromatic heterocycles. The topological polar surface area (TPSA) is 61.8 Å². The van der Waals surface area contributed by atoms with Crippen LogP contribution in [0.3, 0.4) is 0 Å². The fraction of sp³-hybridized carbons (Fsp3) is 0.611. The molecular weight excluding hydrogens is 292 g/mol. The van der Waals surface area contributed by atoms with E-state index in [1.54, 1.807) is 25.3 Å². The minimum Gasteiger partial charge on any atom is -0.508 e. The van der Waals surface area contributed by atoms with Crippen LogP contribution in [0.4, 0.5) is 4.79 Å². The largest absolute Gasteiger partial charge is 0.508 e. The second kappa shape index (κ2) is 7.68. The highest BCUT2D eigenvalue weighted by atomic mass is 16.5. The maximum absolute atomic E-state index is 12.8. The minimum atomic E-state index is -0.188. The number of rotatable bonds is 6. The van der Waals surface area contributed by atoms with Crippen molar-refractivity contribution < 1.29 is 14.6 Å². The molecule has 0 bridgehead atoms. The van der Waals surface area contributed by atoms with E-state index in [-0.39, 0.29) is 23.4 Å². The maximum atomic E-state index is 12.8. The van der Waals surface area contributed by atoms with Gasteiger partial charge in [0.1, 0.15) is 5.75 Å². The summed E-state index contributed by atoms with van der Waals surface area (Å²) in [5, 5.41) is 12.6. The van der Waals surface area contributed by atoms with Crippen LogP contribution in [0.2, 0.25) is 0 Å². The molecule has 0 saturated carbocycles. The van der Waals surface area contributed by atoms with Gasteiger partial charge in [0.05, 0.1) is 18.2 Å². The fourth-order valence-electron chi connectivity index (χ4n) is 3.61. The Hall–Kier alpha value is -1.75. The summed E-state index contributed by atoms with van der Waals surface area (Å²) in [7, 11) is 1.70. The number of phenolic OH excluding ortho intramolecular Hbond substituents is 1. The van der Waals surface area contributed by atoms with Crippen LogP contribution < -0.4 is 5.32 Å². The van der Waals surface area contributed by atoms with E-state index in [1.165, 1.54) is 0 Å². The lowest BCUT2D eigenvalue weighted by molar-refractivity contribution is 0.0495. The van der Waals surface area contributed by atoms with Gasteiger partial charge in [0, 0.05) is 13.7 Å². The zero-order chi connectivity index (χ0) is 16.9. The third kappa shape index (κ3) is 3.96. The number of nitrogens with zero attached hydrogens (tertiary/aromatic N) is 1. The highest BCUT2D eigenvalue weighted by molar-refractivity contribution is 5.76. The van der Waals surface area contributed by atoms with Gasteiger partial charge in [-0.05, 0) is 43.9 Å². The summed E-state index contributed by atoms with van der Waals surface area (Å²) in [5.74, 6) is 0.212. The van der Waals surface area contributed by atoms with Crippen molar-refractivity contribution in [2.45, 2.75) is 51.1 Å². The summed E-state index contributed by atoms with van der Waals surface area (Å²) in [5.41, 5.74) is 0.706. The Morgan fingerprint density at radius 2 is 2.30 bits per heavy atom. The Balaban J connectivity index is 2.09. The first-order valence-electron chi connectivity index (χ1n) is 8.38. The van der Waals surface area contributed by atoms with Crippen LogP contribution in [0.1, 0.15) is 51.1 Å². The first kappa shape index (κ1) is 17.6. The van der Waals surface area contributed by atoms with Gasteiger partial charge < -0.3 is 20.1 Å². The number of methoxy groups -OCH3 is 1. The number of likely N-dealkylation sites (tertiary alicyclic amines) is 1. The summed E-state index contributed by atoms with van der Waals surface area (Å²) in [6.07, 6.45) is 3.98. The van der Waals surface area contributed by atoms with Crippen molar-refractivity contribution in [2.75, 3.05) is 20.3 Å². The number of aromatic hydroxyl groups is 1. The highest BCUT2D eigenvalue weighted by Crippen LogP contribution is 2.34. The van der Waals surface area contributed by atoms with Gasteiger partial charge in [-0.15, -0.1) is 0 Å². The average Bonchev–Trinajstić information content (AvgIpc) is 2.91. The lowest BCUT2D eigenvalue weighted by atomic mass is 9.91. The molecule has 2 N–H and O–H groups in total. The number of ether oxygens (including phenoxy) is 1. The molecule has 0 aliphatic carbocycles. The molecule has 1 aromatic carbocycles. The van der Waals surface area contributed by atoms with E-state index < -0.39 is 0 Å². The molecule has 1 aliphatic rings. The Morgan fingerprint density at radius 1 is 1.52 bits per heavy atom. The molecule has 128 valence electrons. The molecule has 1 fully saturated rings. The Kier molecular flexibility index (Phi) is 5.88. The van der Waals surface area contributed by atoms with Crippen molar-refractivity contribution in [3.05, 3.63) is 29.8 Å². The normalized spacial score (nSPS) is 22.1. The number of amides is 2. The number of carbonyl (C=O) groups excluding carboxylic acids is 1. The molecule has 1 heterocycles. The molecule has 2 rings (SSSR count). The first-order chi connectivity index (χ1) is 11.0. The fourth-order valence-corrected chi connectivity index (χ4v) is 3.61. The second-order valence-corrected chi connectivity index (χ2v) is 6.43. The minimum absolute atomic E-state index is 0.0520. The van der Waals surface area contributed by atoms with Crippen LogP contribution in [-0.4, -0.2) is 41.8 Å². The van der Waals surface area contributed by atoms with Crippen molar-refractivity contribution in [1.29, 1.82) is 0 Å². The molecule has 1 aromatic rings. The number of hydrogen-bond donors (Lipinski definition) is 2. The Bertz CT molecular complexity index is 527. The third-order valence-corrected chi connectivity index (χ3v) is 4.68. The third-order valence-electron chi connectivity index (χ3n) is 4.68. The molecule has 2 atom stereocenters. The summed E-state index contributed by atoms with van der Waals surface area (Å²) < 4.78 is 5.41. The molecule has 1 aliphatic heterocycles. The van der Waals surface area contributed by atoms with Gasteiger partial charge in [-0.2, -0.15) is 0 Å². The predicted molar refractivity (Wildman–Crippen MR) is 90.5 cm³/mol. The zero-order valence-electron chi connectivity index (χ0n) is 14.3. The molecule has 0 radical (unpaired) electrons. The van der Waals surface area contributed by atoms with Crippen molar-refractivity contribution in [3.8, 4) is 5.75 Å². The number of carbonyl (C=O) groups is 1. The van der Waals surface area contributed by atoms with Crippen molar-refractivity contribution >= 4 is 6.03 Å². The number of benzene rings is 1. The van der Waals surface area contributed by atoms with E-state index in [4.69, 9.17) is 4.74 Å². The van der Waals surface area contributed by atoms with Crippen molar-refractivity contribution in [2.24, 2.45) is 0 Å². The second-order valence-electron chi connectivity index (χ2n) is 6.43. The van der Waals surface area contributed by atoms with E-state index in [1.807, 2.05) is 17.9 Å². The quantitative estimate of drug-likeness (QED) is 0.844. The Morgan fingerprint density at radius 3 is 2.96 bits per heavy atom. The van der Waals surface area contributed by atoms with Gasteiger partial charge in [-0.1, -0.05) is 25.5 Å². The number of hydrogen-bond acceptors (Lipinski definition) is 3. The molecule has 1 unspecified atom stereocenters. The smallest absolute Gasteiger partial charge is 0.318 e. The van der Waals surface area contributed by atoms with Gasteiger partial charge >= 0.3 is 6.03 Å². The molecular formula is C18H28N2O3. The van der Waals surface area contributed by atoms with Crippen LogP contribution in [0.5, 0.6) is 5.75 Å². The molecule has 23 heavy (non-hydrogen) atoms. The number of nitrogens with one attached hydrogen (secondary N) is 1. The molecule has 5 heteroatoms. The van der Waals surface area contributed by atoms with Crippen LogP contribution in [0.15, 0.2) is 24.3 Å². The van der Waals surface area contributed by atoms with Crippen molar-refractivity contribution in [1.82, 2.24) is 10.2 Å². The average molecular weight is 320 g/mol. The summed E-state index contributed by atoms with van der Waals surface area (Å²) in [6.45, 7) is 5.42. The summed E-state index contributed by atoms with van der Waals surface area (Å²) in [4.78, 5) is 14.7. The van der Waals surface area contributed by atoms with Gasteiger partial charge in [-0.3, -0.25) is 0 Å². The van der Waals surface area contributed by atoms with E-state index in [0.29, 0.717) is 6.61 Å². The van der Waals surface area contributed by atoms with Crippen LogP contribution >= 0.6 is 0 Å². The monoisotopic (exact) mass is 320 g/mol. The van der Waals surface area contributed by atoms with E-state index >= 15 is 0 Å². The van der Waals surface area contributed by atoms with Gasteiger partial charge in [0.2, 0.25) is 0 Å².